The van der Waals surface area contributed by atoms with Gasteiger partial charge in [-0.3, -0.25) is 4.79 Å². The van der Waals surface area contributed by atoms with E-state index in [1.165, 1.54) is 24.9 Å². The van der Waals surface area contributed by atoms with E-state index in [1.54, 1.807) is 0 Å². The summed E-state index contributed by atoms with van der Waals surface area (Å²) in [6.45, 7) is 6.53. The number of hydrogen-bond acceptors (Lipinski definition) is 4. The normalized spacial score (nSPS) is 14.7. The highest BCUT2D eigenvalue weighted by Gasteiger charge is 2.20. The van der Waals surface area contributed by atoms with Gasteiger partial charge in [0.2, 0.25) is 5.91 Å². The fraction of sp³-hybridized carbons (Fsp3) is 0.407. The molecular weight excluding hydrogens is 398 g/mol. The van der Waals surface area contributed by atoms with Crippen molar-refractivity contribution in [1.29, 1.82) is 5.26 Å². The minimum atomic E-state index is -0.185. The van der Waals surface area contributed by atoms with Crippen LogP contribution >= 0.6 is 0 Å². The SMILES string of the molecule is CC=CC(NC(=O)Cc1ccc(CC#N)c(OCC)c1)c1ccccc1N1CCCCC1. The molecule has 168 valence electrons. The zero-order chi connectivity index (χ0) is 22.8. The molecule has 0 radical (unpaired) electrons. The van der Waals surface area contributed by atoms with E-state index in [0.29, 0.717) is 18.8 Å². The van der Waals surface area contributed by atoms with Crippen LogP contribution in [0.2, 0.25) is 0 Å². The number of nitrogens with zero attached hydrogens (tertiary/aromatic N) is 2. The molecule has 2 aromatic rings. The van der Waals surface area contributed by atoms with Crippen LogP contribution < -0.4 is 15.0 Å². The quantitative estimate of drug-likeness (QED) is 0.560. The average Bonchev–Trinajstić information content (AvgIpc) is 2.81. The average molecular weight is 432 g/mol. The molecule has 5 nitrogen and oxygen atoms in total. The van der Waals surface area contributed by atoms with Gasteiger partial charge in [0.25, 0.3) is 0 Å². The Bertz CT molecular complexity index is 971. The number of piperidine rings is 1. The smallest absolute Gasteiger partial charge is 0.225 e. The lowest BCUT2D eigenvalue weighted by molar-refractivity contribution is -0.120. The van der Waals surface area contributed by atoms with Crippen LogP contribution in [0.5, 0.6) is 5.75 Å². The predicted octanol–water partition coefficient (Wildman–Crippen LogP) is 5.12. The van der Waals surface area contributed by atoms with E-state index in [2.05, 4.69) is 34.5 Å². The first-order chi connectivity index (χ1) is 15.7. The number of benzene rings is 2. The first-order valence-electron chi connectivity index (χ1n) is 11.5. The largest absolute Gasteiger partial charge is 0.494 e. The number of carbonyl (C=O) groups excluding carboxylic acids is 1. The molecule has 1 atom stereocenters. The molecule has 1 saturated heterocycles. The van der Waals surface area contributed by atoms with Gasteiger partial charge in [0.15, 0.2) is 0 Å². The molecule has 1 N–H and O–H groups in total. The molecule has 1 fully saturated rings. The molecule has 1 heterocycles. The maximum Gasteiger partial charge on any atom is 0.225 e. The molecule has 0 spiro atoms. The van der Waals surface area contributed by atoms with Crippen molar-refractivity contribution in [3.63, 3.8) is 0 Å². The van der Waals surface area contributed by atoms with Gasteiger partial charge in [-0.15, -0.1) is 0 Å². The third-order valence-corrected chi connectivity index (χ3v) is 5.74. The summed E-state index contributed by atoms with van der Waals surface area (Å²) in [7, 11) is 0. The third kappa shape index (κ3) is 6.13. The van der Waals surface area contributed by atoms with Gasteiger partial charge in [0.1, 0.15) is 5.75 Å². The maximum absolute atomic E-state index is 13.0. The van der Waals surface area contributed by atoms with Crippen LogP contribution in [-0.4, -0.2) is 25.6 Å². The van der Waals surface area contributed by atoms with Crippen LogP contribution in [0.4, 0.5) is 5.69 Å². The standard InChI is InChI=1S/C27H33N3O2/c1-3-10-24(23-11-6-7-12-25(23)30-17-8-5-9-18-30)29-27(31)20-21-13-14-22(15-16-28)26(19-21)32-4-2/h3,6-7,10-14,19,24H,4-5,8-9,15,17-18,20H2,1-2H3,(H,29,31). The molecule has 0 bridgehead atoms. The maximum atomic E-state index is 13.0. The molecule has 1 aliphatic heterocycles. The van der Waals surface area contributed by atoms with Crippen molar-refractivity contribution in [3.8, 4) is 11.8 Å². The second-order valence-electron chi connectivity index (χ2n) is 8.06. The second kappa shape index (κ2) is 12.0. The van der Waals surface area contributed by atoms with E-state index < -0.39 is 0 Å². The van der Waals surface area contributed by atoms with E-state index in [0.717, 1.165) is 29.8 Å². The lowest BCUT2D eigenvalue weighted by atomic mass is 10.0. The Kier molecular flexibility index (Phi) is 8.74. The summed E-state index contributed by atoms with van der Waals surface area (Å²) in [4.78, 5) is 15.4. The van der Waals surface area contributed by atoms with Crippen molar-refractivity contribution in [2.45, 2.75) is 52.0 Å². The van der Waals surface area contributed by atoms with Crippen LogP contribution in [0.1, 0.15) is 55.8 Å². The van der Waals surface area contributed by atoms with Gasteiger partial charge in [-0.1, -0.05) is 42.5 Å². The number of amides is 1. The van der Waals surface area contributed by atoms with Gasteiger partial charge in [-0.05, 0) is 50.8 Å². The van der Waals surface area contributed by atoms with Crippen LogP contribution in [0, 0.1) is 11.3 Å². The Labute approximate surface area is 191 Å². The molecule has 0 saturated carbocycles. The number of para-hydroxylation sites is 1. The van der Waals surface area contributed by atoms with E-state index in [-0.39, 0.29) is 18.4 Å². The summed E-state index contributed by atoms with van der Waals surface area (Å²) in [5, 5.41) is 12.2. The molecule has 1 unspecified atom stereocenters. The molecule has 1 aliphatic rings. The highest BCUT2D eigenvalue weighted by atomic mass is 16.5. The van der Waals surface area contributed by atoms with Gasteiger partial charge in [-0.2, -0.15) is 5.26 Å². The molecule has 1 amide bonds. The van der Waals surface area contributed by atoms with Gasteiger partial charge in [0.05, 0.1) is 31.6 Å². The fourth-order valence-electron chi connectivity index (χ4n) is 4.24. The molecule has 0 aromatic heterocycles. The van der Waals surface area contributed by atoms with Crippen LogP contribution in [0.25, 0.3) is 0 Å². The number of rotatable bonds is 9. The summed E-state index contributed by atoms with van der Waals surface area (Å²) >= 11 is 0. The van der Waals surface area contributed by atoms with Crippen molar-refractivity contribution < 1.29 is 9.53 Å². The van der Waals surface area contributed by atoms with Crippen LogP contribution in [0.15, 0.2) is 54.6 Å². The Morgan fingerprint density at radius 3 is 2.72 bits per heavy atom. The molecular formula is C27H33N3O2. The zero-order valence-electron chi connectivity index (χ0n) is 19.1. The second-order valence-corrected chi connectivity index (χ2v) is 8.06. The number of hydrogen-bond donors (Lipinski definition) is 1. The lowest BCUT2D eigenvalue weighted by Gasteiger charge is -2.32. The van der Waals surface area contributed by atoms with Crippen molar-refractivity contribution in [2.75, 3.05) is 24.6 Å². The van der Waals surface area contributed by atoms with Gasteiger partial charge in [-0.25, -0.2) is 0 Å². The van der Waals surface area contributed by atoms with E-state index in [1.807, 2.05) is 50.3 Å². The highest BCUT2D eigenvalue weighted by Crippen LogP contribution is 2.30. The monoisotopic (exact) mass is 431 g/mol. The molecule has 32 heavy (non-hydrogen) atoms. The number of allylic oxidation sites excluding steroid dienone is 1. The molecule has 5 heteroatoms. The number of nitrogens with one attached hydrogen (secondary N) is 1. The summed E-state index contributed by atoms with van der Waals surface area (Å²) in [6, 6.07) is 16.0. The van der Waals surface area contributed by atoms with E-state index >= 15 is 0 Å². The van der Waals surface area contributed by atoms with Crippen LogP contribution in [0.3, 0.4) is 0 Å². The van der Waals surface area contributed by atoms with Gasteiger partial charge < -0.3 is 15.0 Å². The van der Waals surface area contributed by atoms with Crippen molar-refractivity contribution >= 4 is 11.6 Å². The molecule has 2 aromatic carbocycles. The Balaban J connectivity index is 1.77. The Morgan fingerprint density at radius 1 is 1.22 bits per heavy atom. The predicted molar refractivity (Wildman–Crippen MR) is 129 cm³/mol. The minimum absolute atomic E-state index is 0.0444. The van der Waals surface area contributed by atoms with Crippen LogP contribution in [-0.2, 0) is 17.6 Å². The number of ether oxygens (including phenoxy) is 1. The Hall–Kier alpha value is -3.26. The number of anilines is 1. The number of nitriles is 1. The summed E-state index contributed by atoms with van der Waals surface area (Å²) < 4.78 is 5.68. The van der Waals surface area contributed by atoms with Gasteiger partial charge in [0, 0.05) is 29.9 Å². The lowest BCUT2D eigenvalue weighted by Crippen LogP contribution is -2.33. The van der Waals surface area contributed by atoms with Crippen molar-refractivity contribution in [1.82, 2.24) is 5.32 Å². The number of carbonyl (C=O) groups is 1. The van der Waals surface area contributed by atoms with E-state index in [4.69, 9.17) is 10.00 Å². The first-order valence-corrected chi connectivity index (χ1v) is 11.5. The van der Waals surface area contributed by atoms with Crippen molar-refractivity contribution in [2.24, 2.45) is 0 Å². The topological polar surface area (TPSA) is 65.4 Å². The van der Waals surface area contributed by atoms with Crippen molar-refractivity contribution in [3.05, 3.63) is 71.3 Å². The highest BCUT2D eigenvalue weighted by molar-refractivity contribution is 5.80. The molecule has 3 rings (SSSR count). The summed E-state index contributed by atoms with van der Waals surface area (Å²) in [5.74, 6) is 0.636. The zero-order valence-corrected chi connectivity index (χ0v) is 19.1. The fourth-order valence-corrected chi connectivity index (χ4v) is 4.24. The summed E-state index contributed by atoms with van der Waals surface area (Å²) in [5.41, 5.74) is 4.05. The van der Waals surface area contributed by atoms with Gasteiger partial charge >= 0.3 is 0 Å². The first kappa shape index (κ1) is 23.4. The van der Waals surface area contributed by atoms with E-state index in [9.17, 15) is 4.79 Å². The third-order valence-electron chi connectivity index (χ3n) is 5.74. The molecule has 0 aliphatic carbocycles. The summed E-state index contributed by atoms with van der Waals surface area (Å²) in [6.07, 6.45) is 8.28. The Morgan fingerprint density at radius 2 is 2.00 bits per heavy atom. The minimum Gasteiger partial charge on any atom is -0.494 e.